The monoisotopic (exact) mass is 430 g/mol. The van der Waals surface area contributed by atoms with Crippen molar-refractivity contribution in [2.24, 2.45) is 17.3 Å². The molecule has 0 spiro atoms. The van der Waals surface area contributed by atoms with Crippen molar-refractivity contribution in [1.82, 2.24) is 10.2 Å². The Morgan fingerprint density at radius 1 is 1.10 bits per heavy atom. The van der Waals surface area contributed by atoms with Gasteiger partial charge in [-0.05, 0) is 74.0 Å². The van der Waals surface area contributed by atoms with Gasteiger partial charge in [0.15, 0.2) is 0 Å². The molecule has 2 aliphatic rings. The van der Waals surface area contributed by atoms with Gasteiger partial charge >= 0.3 is 6.09 Å². The van der Waals surface area contributed by atoms with Crippen molar-refractivity contribution in [1.29, 1.82) is 0 Å². The third-order valence-electron chi connectivity index (χ3n) is 7.02. The van der Waals surface area contributed by atoms with E-state index in [1.54, 1.807) is 11.0 Å². The third kappa shape index (κ3) is 6.37. The van der Waals surface area contributed by atoms with Gasteiger partial charge < -0.3 is 20.1 Å². The van der Waals surface area contributed by atoms with E-state index < -0.39 is 0 Å². The fourth-order valence-corrected chi connectivity index (χ4v) is 4.75. The summed E-state index contributed by atoms with van der Waals surface area (Å²) in [5.74, 6) is 0.905. The molecule has 6 heteroatoms. The highest BCUT2D eigenvalue weighted by atomic mass is 16.6. The Morgan fingerprint density at radius 3 is 2.32 bits per heavy atom. The normalized spacial score (nSPS) is 22.8. The maximum atomic E-state index is 12.6. The summed E-state index contributed by atoms with van der Waals surface area (Å²) >= 11 is 0. The summed E-state index contributed by atoms with van der Waals surface area (Å²) in [6, 6.07) is 5.34. The molecule has 2 N–H and O–H groups in total. The Kier molecular flexibility index (Phi) is 7.50. The van der Waals surface area contributed by atoms with Crippen molar-refractivity contribution in [2.45, 2.75) is 78.9 Å². The quantitative estimate of drug-likeness (QED) is 0.721. The molecule has 0 aromatic heterocycles. The van der Waals surface area contributed by atoms with E-state index in [4.69, 9.17) is 4.74 Å². The second-order valence-corrected chi connectivity index (χ2v) is 10.3. The Hall–Kier alpha value is -2.24. The first-order valence-corrected chi connectivity index (χ1v) is 11.6. The van der Waals surface area contributed by atoms with Crippen LogP contribution in [0.25, 0.3) is 0 Å². The molecule has 1 aliphatic heterocycles. The lowest BCUT2D eigenvalue weighted by Crippen LogP contribution is -2.44. The van der Waals surface area contributed by atoms with Crippen LogP contribution < -0.4 is 5.32 Å². The predicted molar refractivity (Wildman–Crippen MR) is 121 cm³/mol. The summed E-state index contributed by atoms with van der Waals surface area (Å²) in [4.78, 5) is 26.9. The third-order valence-corrected chi connectivity index (χ3v) is 7.02. The zero-order valence-corrected chi connectivity index (χ0v) is 19.4. The number of phenolic OH excluding ortho intramolecular Hbond substituents is 1. The minimum Gasteiger partial charge on any atom is -0.508 e. The average Bonchev–Trinajstić information content (AvgIpc) is 2.74. The summed E-state index contributed by atoms with van der Waals surface area (Å²) in [7, 11) is 0. The van der Waals surface area contributed by atoms with Gasteiger partial charge in [-0.15, -0.1) is 0 Å². The molecule has 0 unspecified atom stereocenters. The molecular weight excluding hydrogens is 392 g/mol. The van der Waals surface area contributed by atoms with Crippen LogP contribution in [0.5, 0.6) is 5.75 Å². The number of likely N-dealkylation sites (tertiary alicyclic amines) is 1. The van der Waals surface area contributed by atoms with E-state index in [1.807, 2.05) is 19.1 Å². The second-order valence-electron chi connectivity index (χ2n) is 10.3. The average molecular weight is 431 g/mol. The molecule has 1 aromatic carbocycles. The second kappa shape index (κ2) is 9.92. The lowest BCUT2D eigenvalue weighted by molar-refractivity contribution is -0.126. The summed E-state index contributed by atoms with van der Waals surface area (Å²) in [6.45, 7) is 10.3. The van der Waals surface area contributed by atoms with Gasteiger partial charge in [0, 0.05) is 25.6 Å². The molecule has 1 aromatic rings. The van der Waals surface area contributed by atoms with Crippen LogP contribution in [0.2, 0.25) is 0 Å². The van der Waals surface area contributed by atoms with Gasteiger partial charge in [-0.2, -0.15) is 0 Å². The number of nitrogens with one attached hydrogen (secondary N) is 1. The van der Waals surface area contributed by atoms with Gasteiger partial charge in [-0.25, -0.2) is 4.79 Å². The minimum absolute atomic E-state index is 0.0271. The van der Waals surface area contributed by atoms with Crippen molar-refractivity contribution >= 4 is 12.0 Å². The molecule has 1 heterocycles. The zero-order valence-electron chi connectivity index (χ0n) is 19.4. The highest BCUT2D eigenvalue weighted by Crippen LogP contribution is 2.38. The number of rotatable bonds is 4. The van der Waals surface area contributed by atoms with Crippen LogP contribution >= 0.6 is 0 Å². The van der Waals surface area contributed by atoms with Gasteiger partial charge in [-0.1, -0.05) is 32.9 Å². The number of benzene rings is 1. The number of carbonyl (C=O) groups excluding carboxylic acids is 2. The first kappa shape index (κ1) is 23.4. The maximum Gasteiger partial charge on any atom is 0.410 e. The van der Waals surface area contributed by atoms with E-state index in [1.165, 1.54) is 0 Å². The highest BCUT2D eigenvalue weighted by molar-refractivity contribution is 5.79. The smallest absolute Gasteiger partial charge is 0.410 e. The lowest BCUT2D eigenvalue weighted by atomic mass is 9.72. The number of phenols is 1. The van der Waals surface area contributed by atoms with E-state index >= 15 is 0 Å². The van der Waals surface area contributed by atoms with Crippen LogP contribution in [0.1, 0.15) is 70.4 Å². The Balaban J connectivity index is 1.38. The molecular formula is C25H38N2O4. The molecule has 2 amide bonds. The number of hydrogen-bond acceptors (Lipinski definition) is 4. The van der Waals surface area contributed by atoms with Crippen molar-refractivity contribution in [3.63, 3.8) is 0 Å². The van der Waals surface area contributed by atoms with Crippen LogP contribution in [0, 0.1) is 24.2 Å². The molecule has 172 valence electrons. The highest BCUT2D eigenvalue weighted by Gasteiger charge is 2.33. The van der Waals surface area contributed by atoms with Crippen molar-refractivity contribution in [2.75, 3.05) is 13.1 Å². The van der Waals surface area contributed by atoms with E-state index in [0.29, 0.717) is 43.8 Å². The zero-order chi connectivity index (χ0) is 22.6. The van der Waals surface area contributed by atoms with Gasteiger partial charge in [0.1, 0.15) is 11.9 Å². The molecule has 0 atom stereocenters. The van der Waals surface area contributed by atoms with E-state index in [0.717, 1.165) is 36.8 Å². The molecule has 1 saturated carbocycles. The molecule has 0 radical (unpaired) electrons. The standard InChI is InChI=1S/C25H38N2O4/c1-17-15-18(5-10-22(17)28)16-26-23(29)19-11-13-27(14-12-19)24(30)31-21-8-6-20(7-9-21)25(2,3)4/h5,10,15,19-21,28H,6-9,11-14,16H2,1-4H3,(H,26,29)/t20-,21+. The topological polar surface area (TPSA) is 78.9 Å². The maximum absolute atomic E-state index is 12.6. The molecule has 31 heavy (non-hydrogen) atoms. The Morgan fingerprint density at radius 2 is 1.74 bits per heavy atom. The fraction of sp³-hybridized carbons (Fsp3) is 0.680. The summed E-state index contributed by atoms with van der Waals surface area (Å²) in [6.07, 6.45) is 5.25. The van der Waals surface area contributed by atoms with Gasteiger partial charge in [-0.3, -0.25) is 4.79 Å². The number of nitrogens with zero attached hydrogens (tertiary/aromatic N) is 1. The van der Waals surface area contributed by atoms with E-state index in [-0.39, 0.29) is 29.8 Å². The Labute approximate surface area is 186 Å². The number of amides is 2. The molecule has 1 aliphatic carbocycles. The van der Waals surface area contributed by atoms with E-state index in [2.05, 4.69) is 26.1 Å². The van der Waals surface area contributed by atoms with Gasteiger partial charge in [0.25, 0.3) is 0 Å². The largest absolute Gasteiger partial charge is 0.508 e. The molecule has 0 bridgehead atoms. The van der Waals surface area contributed by atoms with Crippen molar-refractivity contribution < 1.29 is 19.4 Å². The number of hydrogen-bond donors (Lipinski definition) is 2. The molecule has 1 saturated heterocycles. The number of piperidine rings is 1. The first-order valence-electron chi connectivity index (χ1n) is 11.6. The number of aromatic hydroxyl groups is 1. The number of carbonyl (C=O) groups is 2. The minimum atomic E-state index is -0.224. The SMILES string of the molecule is Cc1cc(CNC(=O)C2CCN(C(=O)O[C@H]3CC[C@@H](C(C)(C)C)CC3)CC2)ccc1O. The van der Waals surface area contributed by atoms with Crippen LogP contribution in [-0.4, -0.2) is 41.2 Å². The lowest BCUT2D eigenvalue weighted by Gasteiger charge is -2.37. The molecule has 2 fully saturated rings. The first-order chi connectivity index (χ1) is 14.6. The van der Waals surface area contributed by atoms with E-state index in [9.17, 15) is 14.7 Å². The number of ether oxygens (including phenoxy) is 1. The van der Waals surface area contributed by atoms with Crippen molar-refractivity contribution in [3.05, 3.63) is 29.3 Å². The van der Waals surface area contributed by atoms with Crippen LogP contribution in [-0.2, 0) is 16.1 Å². The fourth-order valence-electron chi connectivity index (χ4n) is 4.75. The summed E-state index contributed by atoms with van der Waals surface area (Å²) < 4.78 is 5.78. The van der Waals surface area contributed by atoms with Crippen molar-refractivity contribution in [3.8, 4) is 5.75 Å². The Bertz CT molecular complexity index is 770. The number of aryl methyl sites for hydroxylation is 1. The van der Waals surface area contributed by atoms with Crippen LogP contribution in [0.15, 0.2) is 18.2 Å². The molecule has 3 rings (SSSR count). The van der Waals surface area contributed by atoms with Gasteiger partial charge in [0.2, 0.25) is 5.91 Å². The van der Waals surface area contributed by atoms with Gasteiger partial charge in [0.05, 0.1) is 0 Å². The summed E-state index contributed by atoms with van der Waals surface area (Å²) in [5.41, 5.74) is 2.08. The summed E-state index contributed by atoms with van der Waals surface area (Å²) in [5, 5.41) is 12.6. The van der Waals surface area contributed by atoms with Crippen LogP contribution in [0.3, 0.4) is 0 Å². The predicted octanol–water partition coefficient (Wildman–Crippen LogP) is 4.77. The molecule has 6 nitrogen and oxygen atoms in total. The van der Waals surface area contributed by atoms with Crippen LogP contribution in [0.4, 0.5) is 4.79 Å².